The van der Waals surface area contributed by atoms with Crippen LogP contribution in [0.3, 0.4) is 0 Å². The van der Waals surface area contributed by atoms with Crippen LogP contribution in [-0.2, 0) is 7.05 Å². The number of hydrogen-bond acceptors (Lipinski definition) is 4. The summed E-state index contributed by atoms with van der Waals surface area (Å²) in [6.07, 6.45) is 7.98. The van der Waals surface area contributed by atoms with Gasteiger partial charge in [-0.15, -0.1) is 0 Å². The van der Waals surface area contributed by atoms with Crippen LogP contribution in [0.2, 0.25) is 5.02 Å². The Labute approximate surface area is 136 Å². The van der Waals surface area contributed by atoms with E-state index in [1.165, 1.54) is 18.5 Å². The van der Waals surface area contributed by atoms with Crippen molar-refractivity contribution in [3.05, 3.63) is 41.6 Å². The zero-order valence-electron chi connectivity index (χ0n) is 13.0. The number of aromatic nitrogens is 3. The second-order valence-corrected chi connectivity index (χ2v) is 6.44. The van der Waals surface area contributed by atoms with Gasteiger partial charge in [0.05, 0.1) is 23.1 Å². The van der Waals surface area contributed by atoms with Gasteiger partial charge >= 0.3 is 0 Å². The molecule has 1 aliphatic rings. The van der Waals surface area contributed by atoms with Crippen molar-refractivity contribution in [2.75, 3.05) is 25.5 Å². The first-order valence-electron chi connectivity index (χ1n) is 7.67. The maximum atomic E-state index is 5.88. The second-order valence-electron chi connectivity index (χ2n) is 6.00. The van der Waals surface area contributed by atoms with Crippen molar-refractivity contribution in [3.63, 3.8) is 0 Å². The maximum absolute atomic E-state index is 5.88. The number of likely N-dealkylation sites (tertiary alicyclic amines) is 1. The lowest BCUT2D eigenvalue weighted by molar-refractivity contribution is 0.122. The molecule has 3 rings (SSSR count). The lowest BCUT2D eigenvalue weighted by atomic mass is 9.87. The van der Waals surface area contributed by atoms with Crippen molar-refractivity contribution in [1.29, 1.82) is 0 Å². The summed E-state index contributed by atoms with van der Waals surface area (Å²) < 4.78 is 2.13. The van der Waals surface area contributed by atoms with Crippen molar-refractivity contribution in [1.82, 2.24) is 19.4 Å². The first kappa shape index (κ1) is 15.3. The summed E-state index contributed by atoms with van der Waals surface area (Å²) in [5.41, 5.74) is 1.28. The lowest BCUT2D eigenvalue weighted by Gasteiger charge is -2.39. The third kappa shape index (κ3) is 3.25. The minimum atomic E-state index is 0.390. The number of anilines is 1. The standard InChI is InChI=1S/C16H22ClN5/c1-21-7-3-4-12(16(21)14-10-18-11-22(14)2)8-19-15-6-5-13(17)9-20-15/h5-6,9-12,16H,3-4,7-8H2,1-2H3,(H,19,20)/t12-,16+/m0/s1. The van der Waals surface area contributed by atoms with Crippen LogP contribution in [0.25, 0.3) is 0 Å². The van der Waals surface area contributed by atoms with Crippen LogP contribution in [0, 0.1) is 5.92 Å². The third-order valence-electron chi connectivity index (χ3n) is 4.44. The summed E-state index contributed by atoms with van der Waals surface area (Å²) in [6, 6.07) is 4.18. The molecular weight excluding hydrogens is 298 g/mol. The Morgan fingerprint density at radius 3 is 2.86 bits per heavy atom. The van der Waals surface area contributed by atoms with E-state index in [9.17, 15) is 0 Å². The van der Waals surface area contributed by atoms with E-state index >= 15 is 0 Å². The number of rotatable bonds is 4. The van der Waals surface area contributed by atoms with Crippen molar-refractivity contribution < 1.29 is 0 Å². The smallest absolute Gasteiger partial charge is 0.125 e. The Morgan fingerprint density at radius 2 is 2.18 bits per heavy atom. The molecule has 6 heteroatoms. The van der Waals surface area contributed by atoms with Crippen LogP contribution in [-0.4, -0.2) is 39.6 Å². The number of nitrogens with one attached hydrogen (secondary N) is 1. The largest absolute Gasteiger partial charge is 0.370 e. The van der Waals surface area contributed by atoms with Crippen LogP contribution in [0.1, 0.15) is 24.6 Å². The van der Waals surface area contributed by atoms with Gasteiger partial charge in [-0.05, 0) is 44.5 Å². The third-order valence-corrected chi connectivity index (χ3v) is 4.66. The average molecular weight is 320 g/mol. The number of piperidine rings is 1. The highest BCUT2D eigenvalue weighted by molar-refractivity contribution is 6.30. The zero-order chi connectivity index (χ0) is 15.5. The number of aryl methyl sites for hydroxylation is 1. The van der Waals surface area contributed by atoms with E-state index in [-0.39, 0.29) is 0 Å². The Hall–Kier alpha value is -1.59. The molecule has 1 aliphatic heterocycles. The van der Waals surface area contributed by atoms with Crippen molar-refractivity contribution in [3.8, 4) is 0 Å². The quantitative estimate of drug-likeness (QED) is 0.941. The SMILES string of the molecule is CN1CCC[C@@H](CNc2ccc(Cl)cn2)[C@@H]1c1cncn1C. The van der Waals surface area contributed by atoms with Crippen molar-refractivity contribution in [2.45, 2.75) is 18.9 Å². The molecule has 0 aliphatic carbocycles. The Morgan fingerprint density at radius 1 is 1.32 bits per heavy atom. The first-order chi connectivity index (χ1) is 10.6. The minimum Gasteiger partial charge on any atom is -0.370 e. The first-order valence-corrected chi connectivity index (χ1v) is 8.05. The highest BCUT2D eigenvalue weighted by atomic mass is 35.5. The van der Waals surface area contributed by atoms with E-state index in [0.29, 0.717) is 17.0 Å². The van der Waals surface area contributed by atoms with E-state index in [1.807, 2.05) is 24.7 Å². The fourth-order valence-corrected chi connectivity index (χ4v) is 3.42. The number of imidazole rings is 1. The molecule has 118 valence electrons. The molecule has 2 aromatic rings. The summed E-state index contributed by atoms with van der Waals surface area (Å²) in [4.78, 5) is 11.0. The molecule has 1 saturated heterocycles. The summed E-state index contributed by atoms with van der Waals surface area (Å²) in [6.45, 7) is 2.03. The maximum Gasteiger partial charge on any atom is 0.125 e. The van der Waals surface area contributed by atoms with Crippen molar-refractivity contribution in [2.24, 2.45) is 13.0 Å². The molecule has 0 radical (unpaired) electrons. The van der Waals surface area contributed by atoms with Gasteiger partial charge in [0.15, 0.2) is 0 Å². The molecule has 1 N–H and O–H groups in total. The van der Waals surface area contributed by atoms with Gasteiger partial charge in [0.2, 0.25) is 0 Å². The molecule has 22 heavy (non-hydrogen) atoms. The molecule has 0 aromatic carbocycles. The van der Waals surface area contributed by atoms with Gasteiger partial charge in [-0.3, -0.25) is 4.90 Å². The van der Waals surface area contributed by atoms with Crippen LogP contribution in [0.5, 0.6) is 0 Å². The fraction of sp³-hybridized carbons (Fsp3) is 0.500. The topological polar surface area (TPSA) is 46.0 Å². The molecular formula is C16H22ClN5. The second kappa shape index (κ2) is 6.67. The van der Waals surface area contributed by atoms with Gasteiger partial charge < -0.3 is 9.88 Å². The lowest BCUT2D eigenvalue weighted by Crippen LogP contribution is -2.39. The minimum absolute atomic E-state index is 0.390. The van der Waals surface area contributed by atoms with Gasteiger partial charge in [-0.25, -0.2) is 9.97 Å². The van der Waals surface area contributed by atoms with Gasteiger partial charge in [-0.1, -0.05) is 11.6 Å². The summed E-state index contributed by atoms with van der Waals surface area (Å²) in [5.74, 6) is 1.41. The van der Waals surface area contributed by atoms with Crippen LogP contribution >= 0.6 is 11.6 Å². The van der Waals surface area contributed by atoms with E-state index in [2.05, 4.69) is 38.8 Å². The van der Waals surface area contributed by atoms with Gasteiger partial charge in [0.1, 0.15) is 5.82 Å². The predicted molar refractivity (Wildman–Crippen MR) is 89.0 cm³/mol. The van der Waals surface area contributed by atoms with Gasteiger partial charge in [-0.2, -0.15) is 0 Å². The monoisotopic (exact) mass is 319 g/mol. The van der Waals surface area contributed by atoms with Gasteiger partial charge in [0.25, 0.3) is 0 Å². The Kier molecular flexibility index (Phi) is 4.64. The molecule has 0 saturated carbocycles. The summed E-state index contributed by atoms with van der Waals surface area (Å²) in [5, 5.41) is 4.11. The summed E-state index contributed by atoms with van der Waals surface area (Å²) in [7, 11) is 4.26. The van der Waals surface area contributed by atoms with Crippen molar-refractivity contribution >= 4 is 17.4 Å². The molecule has 5 nitrogen and oxygen atoms in total. The van der Waals surface area contributed by atoms with Gasteiger partial charge in [0, 0.05) is 26.0 Å². The molecule has 1 fully saturated rings. The molecule has 2 atom stereocenters. The van der Waals surface area contributed by atoms with E-state index in [0.717, 1.165) is 18.9 Å². The molecule has 0 spiro atoms. The normalized spacial score (nSPS) is 22.7. The summed E-state index contributed by atoms with van der Waals surface area (Å²) >= 11 is 5.88. The molecule has 3 heterocycles. The Bertz CT molecular complexity index is 609. The Balaban J connectivity index is 1.72. The molecule has 2 aromatic heterocycles. The average Bonchev–Trinajstić information content (AvgIpc) is 2.92. The van der Waals surface area contributed by atoms with Crippen LogP contribution in [0.15, 0.2) is 30.9 Å². The van der Waals surface area contributed by atoms with E-state index in [1.54, 1.807) is 6.20 Å². The van der Waals surface area contributed by atoms with E-state index < -0.39 is 0 Å². The zero-order valence-corrected chi connectivity index (χ0v) is 13.8. The van der Waals surface area contributed by atoms with Crippen LogP contribution < -0.4 is 5.32 Å². The van der Waals surface area contributed by atoms with Crippen LogP contribution in [0.4, 0.5) is 5.82 Å². The molecule has 0 bridgehead atoms. The highest BCUT2D eigenvalue weighted by Gasteiger charge is 2.32. The predicted octanol–water partition coefficient (Wildman–Crippen LogP) is 2.96. The number of halogens is 1. The fourth-order valence-electron chi connectivity index (χ4n) is 3.31. The van der Waals surface area contributed by atoms with E-state index in [4.69, 9.17) is 11.6 Å². The number of hydrogen-bond donors (Lipinski definition) is 1. The highest BCUT2D eigenvalue weighted by Crippen LogP contribution is 2.34. The number of pyridine rings is 1. The molecule has 0 unspecified atom stereocenters. The molecule has 0 amide bonds. The number of nitrogens with zero attached hydrogens (tertiary/aromatic N) is 4.